The minimum Gasteiger partial charge on any atom is -0.496 e. The van der Waals surface area contributed by atoms with E-state index in [1.165, 1.54) is 0 Å². The molecule has 1 aromatic heterocycles. The fourth-order valence-corrected chi connectivity index (χ4v) is 3.68. The molecule has 6 nitrogen and oxygen atoms in total. The van der Waals surface area contributed by atoms with E-state index < -0.39 is 0 Å². The molecular weight excluding hydrogens is 366 g/mol. The normalized spacial score (nSPS) is 16.2. The molecule has 0 aliphatic carbocycles. The molecule has 3 heterocycles. The number of ether oxygens (including phenoxy) is 1. The van der Waals surface area contributed by atoms with Crippen LogP contribution in [0.3, 0.4) is 0 Å². The lowest BCUT2D eigenvalue weighted by Crippen LogP contribution is -2.34. The number of nitrogens with one attached hydrogen (secondary N) is 1. The summed E-state index contributed by atoms with van der Waals surface area (Å²) in [6.07, 6.45) is 9.17. The zero-order valence-corrected chi connectivity index (χ0v) is 16.4. The molecule has 2 amide bonds. The molecule has 0 atom stereocenters. The predicted octanol–water partition coefficient (Wildman–Crippen LogP) is 3.30. The highest BCUT2D eigenvalue weighted by atomic mass is 16.5. The summed E-state index contributed by atoms with van der Waals surface area (Å²) >= 11 is 0. The molecule has 0 radical (unpaired) electrons. The highest BCUT2D eigenvalue weighted by molar-refractivity contribution is 5.94. The monoisotopic (exact) mass is 389 g/mol. The molecule has 0 fully saturated rings. The predicted molar refractivity (Wildman–Crippen MR) is 112 cm³/mol. The highest BCUT2D eigenvalue weighted by Gasteiger charge is 2.19. The molecule has 29 heavy (non-hydrogen) atoms. The smallest absolute Gasteiger partial charge is 0.246 e. The minimum absolute atomic E-state index is 0.00697. The first-order valence-electron chi connectivity index (χ1n) is 9.72. The Morgan fingerprint density at radius 3 is 3.00 bits per heavy atom. The van der Waals surface area contributed by atoms with Crippen LogP contribution in [0.4, 0.5) is 5.82 Å². The van der Waals surface area contributed by atoms with Gasteiger partial charge in [-0.15, -0.1) is 0 Å². The standard InChI is InChI=1S/C23H23N3O3/c1-29-20-7-3-2-6-19(20)18-5-4-12-26(15-18)22(28)11-8-16-13-17-9-10-21(27)25-23(17)24-14-16/h2-3,5-8,11,13-14H,4,9-10,12,15H2,1H3,(H,24,25,27)/b11-8+. The van der Waals surface area contributed by atoms with Gasteiger partial charge in [0, 0.05) is 37.3 Å². The average molecular weight is 389 g/mol. The number of pyridine rings is 1. The Bertz CT molecular complexity index is 1010. The van der Waals surface area contributed by atoms with E-state index in [1.54, 1.807) is 25.5 Å². The van der Waals surface area contributed by atoms with Crippen molar-refractivity contribution in [3.63, 3.8) is 0 Å². The van der Waals surface area contributed by atoms with Crippen LogP contribution in [0.2, 0.25) is 0 Å². The first kappa shape index (κ1) is 18.9. The van der Waals surface area contributed by atoms with E-state index in [4.69, 9.17) is 4.74 Å². The van der Waals surface area contributed by atoms with Gasteiger partial charge in [-0.05, 0) is 47.8 Å². The van der Waals surface area contributed by atoms with Crippen molar-refractivity contribution >= 4 is 29.3 Å². The Morgan fingerprint density at radius 2 is 2.14 bits per heavy atom. The fraction of sp³-hybridized carbons (Fsp3) is 0.261. The second-order valence-electron chi connectivity index (χ2n) is 7.14. The summed E-state index contributed by atoms with van der Waals surface area (Å²) in [6, 6.07) is 9.84. The summed E-state index contributed by atoms with van der Waals surface area (Å²) in [4.78, 5) is 30.3. The maximum Gasteiger partial charge on any atom is 0.246 e. The number of para-hydroxylation sites is 1. The number of benzene rings is 1. The molecule has 2 aliphatic rings. The summed E-state index contributed by atoms with van der Waals surface area (Å²) in [5.41, 5.74) is 3.98. The van der Waals surface area contributed by atoms with Gasteiger partial charge in [0.2, 0.25) is 11.8 Å². The average Bonchev–Trinajstić information content (AvgIpc) is 2.77. The second-order valence-corrected chi connectivity index (χ2v) is 7.14. The van der Waals surface area contributed by atoms with Gasteiger partial charge in [0.15, 0.2) is 0 Å². The Hall–Kier alpha value is -3.41. The number of rotatable bonds is 4. The summed E-state index contributed by atoms with van der Waals surface area (Å²) < 4.78 is 5.46. The first-order valence-corrected chi connectivity index (χ1v) is 9.72. The van der Waals surface area contributed by atoms with Crippen molar-refractivity contribution in [3.05, 3.63) is 65.4 Å². The molecule has 4 rings (SSSR count). The van der Waals surface area contributed by atoms with E-state index >= 15 is 0 Å². The molecule has 1 N–H and O–H groups in total. The molecule has 2 aliphatic heterocycles. The van der Waals surface area contributed by atoms with Crippen LogP contribution in [0.5, 0.6) is 5.75 Å². The second kappa shape index (κ2) is 8.31. The number of anilines is 1. The van der Waals surface area contributed by atoms with Gasteiger partial charge in [0.25, 0.3) is 0 Å². The number of fused-ring (bicyclic) bond motifs is 1. The van der Waals surface area contributed by atoms with Gasteiger partial charge in [-0.3, -0.25) is 9.59 Å². The van der Waals surface area contributed by atoms with Gasteiger partial charge < -0.3 is 15.0 Å². The Morgan fingerprint density at radius 1 is 1.28 bits per heavy atom. The van der Waals surface area contributed by atoms with Crippen molar-refractivity contribution in [3.8, 4) is 5.75 Å². The molecule has 0 saturated carbocycles. The lowest BCUT2D eigenvalue weighted by Gasteiger charge is -2.27. The largest absolute Gasteiger partial charge is 0.496 e. The van der Waals surface area contributed by atoms with Gasteiger partial charge in [-0.2, -0.15) is 0 Å². The molecular formula is C23H23N3O3. The van der Waals surface area contributed by atoms with Crippen molar-refractivity contribution in [2.24, 2.45) is 0 Å². The van der Waals surface area contributed by atoms with E-state index in [0.29, 0.717) is 31.7 Å². The minimum atomic E-state index is -0.0310. The number of nitrogens with zero attached hydrogens (tertiary/aromatic N) is 2. The highest BCUT2D eigenvalue weighted by Crippen LogP contribution is 2.29. The number of carbonyl (C=O) groups excluding carboxylic acids is 2. The van der Waals surface area contributed by atoms with Crippen molar-refractivity contribution in [1.29, 1.82) is 0 Å². The van der Waals surface area contributed by atoms with Gasteiger partial charge in [-0.25, -0.2) is 4.98 Å². The molecule has 2 aromatic rings. The number of carbonyl (C=O) groups is 2. The zero-order valence-electron chi connectivity index (χ0n) is 16.4. The van der Waals surface area contributed by atoms with Gasteiger partial charge >= 0.3 is 0 Å². The number of aryl methyl sites for hydroxylation is 1. The van der Waals surface area contributed by atoms with Crippen molar-refractivity contribution in [1.82, 2.24) is 9.88 Å². The molecule has 148 valence electrons. The Balaban J connectivity index is 1.45. The number of hydrogen-bond acceptors (Lipinski definition) is 4. The fourth-order valence-electron chi connectivity index (χ4n) is 3.68. The number of amides is 2. The van der Waals surface area contributed by atoms with Crippen LogP contribution in [0.25, 0.3) is 11.6 Å². The summed E-state index contributed by atoms with van der Waals surface area (Å²) in [5, 5.41) is 2.77. The van der Waals surface area contributed by atoms with Crippen LogP contribution < -0.4 is 10.1 Å². The van der Waals surface area contributed by atoms with E-state index in [0.717, 1.165) is 34.4 Å². The third kappa shape index (κ3) is 4.21. The number of hydrogen-bond donors (Lipinski definition) is 1. The number of aromatic nitrogens is 1. The van der Waals surface area contributed by atoms with E-state index in [2.05, 4.69) is 16.4 Å². The van der Waals surface area contributed by atoms with E-state index in [9.17, 15) is 9.59 Å². The third-order valence-corrected chi connectivity index (χ3v) is 5.20. The summed E-state index contributed by atoms with van der Waals surface area (Å²) in [7, 11) is 1.66. The summed E-state index contributed by atoms with van der Waals surface area (Å²) in [5.74, 6) is 1.40. The third-order valence-electron chi connectivity index (χ3n) is 5.20. The van der Waals surface area contributed by atoms with Crippen LogP contribution in [0.1, 0.15) is 29.5 Å². The van der Waals surface area contributed by atoms with Crippen LogP contribution in [0.15, 0.2) is 48.7 Å². The van der Waals surface area contributed by atoms with E-state index in [-0.39, 0.29) is 11.8 Å². The van der Waals surface area contributed by atoms with Gasteiger partial charge in [0.1, 0.15) is 11.6 Å². The SMILES string of the molecule is COc1ccccc1C1=CCCN(C(=O)/C=C/c2cnc3c(c2)CCC(=O)N3)C1. The lowest BCUT2D eigenvalue weighted by molar-refractivity contribution is -0.125. The van der Waals surface area contributed by atoms with Crippen LogP contribution in [0, 0.1) is 0 Å². The summed E-state index contributed by atoms with van der Waals surface area (Å²) in [6.45, 7) is 1.24. The van der Waals surface area contributed by atoms with Crippen molar-refractivity contribution in [2.45, 2.75) is 19.3 Å². The van der Waals surface area contributed by atoms with Crippen molar-refractivity contribution < 1.29 is 14.3 Å². The van der Waals surface area contributed by atoms with Gasteiger partial charge in [0.05, 0.1) is 7.11 Å². The quantitative estimate of drug-likeness (QED) is 0.815. The van der Waals surface area contributed by atoms with Gasteiger partial charge in [-0.1, -0.05) is 24.3 Å². The Labute approximate surface area is 169 Å². The molecule has 0 unspecified atom stereocenters. The zero-order chi connectivity index (χ0) is 20.2. The Kier molecular flexibility index (Phi) is 5.42. The molecule has 6 heteroatoms. The molecule has 0 spiro atoms. The maximum absolute atomic E-state index is 12.7. The first-order chi connectivity index (χ1) is 14.1. The number of methoxy groups -OCH3 is 1. The molecule has 0 saturated heterocycles. The van der Waals surface area contributed by atoms with Crippen molar-refractivity contribution in [2.75, 3.05) is 25.5 Å². The molecule has 1 aromatic carbocycles. The maximum atomic E-state index is 12.7. The van der Waals surface area contributed by atoms with Crippen LogP contribution in [-0.2, 0) is 16.0 Å². The van der Waals surface area contributed by atoms with E-state index in [1.807, 2.05) is 35.2 Å². The lowest BCUT2D eigenvalue weighted by atomic mass is 10.00. The van der Waals surface area contributed by atoms with Crippen LogP contribution in [-0.4, -0.2) is 41.9 Å². The topological polar surface area (TPSA) is 71.5 Å². The van der Waals surface area contributed by atoms with Crippen LogP contribution >= 0.6 is 0 Å². The molecule has 0 bridgehead atoms.